The van der Waals surface area contributed by atoms with Gasteiger partial charge in [0.05, 0.1) is 0 Å². The summed E-state index contributed by atoms with van der Waals surface area (Å²) in [5.74, 6) is 0.568. The number of rotatable bonds is 3. The van der Waals surface area contributed by atoms with Crippen LogP contribution in [0.25, 0.3) is 11.3 Å². The fourth-order valence-corrected chi connectivity index (χ4v) is 1.44. The third kappa shape index (κ3) is 3.04. The predicted molar refractivity (Wildman–Crippen MR) is 56.7 cm³/mol. The monoisotopic (exact) mass is 258 g/mol. The van der Waals surface area contributed by atoms with Crippen molar-refractivity contribution in [3.8, 4) is 17.1 Å². The van der Waals surface area contributed by atoms with Crippen LogP contribution in [0.3, 0.4) is 0 Å². The maximum absolute atomic E-state index is 11.9. The zero-order valence-corrected chi connectivity index (χ0v) is 9.07. The summed E-state index contributed by atoms with van der Waals surface area (Å²) in [4.78, 5) is 0. The molecule has 0 unspecified atom stereocenters. The molecule has 2 rings (SSSR count). The first kappa shape index (κ1) is 12.5. The Labute approximate surface area is 100 Å². The van der Waals surface area contributed by atoms with E-state index >= 15 is 0 Å². The van der Waals surface area contributed by atoms with E-state index in [2.05, 4.69) is 4.74 Å². The Kier molecular flexibility index (Phi) is 3.29. The van der Waals surface area contributed by atoms with Crippen LogP contribution in [0.1, 0.15) is 5.76 Å². The number of halogens is 3. The summed E-state index contributed by atoms with van der Waals surface area (Å²) >= 11 is 0. The van der Waals surface area contributed by atoms with Crippen molar-refractivity contribution in [1.29, 1.82) is 0 Å². The second-order valence-corrected chi connectivity index (χ2v) is 3.50. The summed E-state index contributed by atoms with van der Waals surface area (Å²) in [6.07, 6.45) is -4.70. The van der Waals surface area contributed by atoms with Crippen LogP contribution in [-0.4, -0.2) is 11.5 Å². The third-order valence-electron chi connectivity index (χ3n) is 2.19. The summed E-state index contributed by atoms with van der Waals surface area (Å²) in [5.41, 5.74) is 0.601. The molecule has 0 aliphatic heterocycles. The van der Waals surface area contributed by atoms with E-state index in [-0.39, 0.29) is 12.4 Å². The molecule has 0 radical (unpaired) electrons. The van der Waals surface area contributed by atoms with Crippen LogP contribution in [-0.2, 0) is 6.61 Å². The molecule has 1 heterocycles. The van der Waals surface area contributed by atoms with E-state index in [0.29, 0.717) is 17.1 Å². The van der Waals surface area contributed by atoms with Crippen LogP contribution < -0.4 is 4.74 Å². The molecule has 0 spiro atoms. The summed E-state index contributed by atoms with van der Waals surface area (Å²) in [6.45, 7) is -0.227. The summed E-state index contributed by atoms with van der Waals surface area (Å²) in [5, 5.41) is 8.83. The highest BCUT2D eigenvalue weighted by atomic mass is 19.4. The first-order valence-corrected chi connectivity index (χ1v) is 5.04. The minimum absolute atomic E-state index is 0.227. The van der Waals surface area contributed by atoms with Gasteiger partial charge < -0.3 is 14.3 Å². The number of aliphatic hydroxyl groups excluding tert-OH is 1. The molecule has 3 nitrogen and oxygen atoms in total. The van der Waals surface area contributed by atoms with Crippen LogP contribution in [0.4, 0.5) is 13.2 Å². The molecule has 0 amide bonds. The Bertz CT molecular complexity index is 514. The van der Waals surface area contributed by atoms with Gasteiger partial charge in [-0.25, -0.2) is 0 Å². The van der Waals surface area contributed by atoms with E-state index < -0.39 is 6.36 Å². The highest BCUT2D eigenvalue weighted by Gasteiger charge is 2.30. The Morgan fingerprint density at radius 3 is 2.22 bits per heavy atom. The molecule has 0 aliphatic rings. The predicted octanol–water partition coefficient (Wildman–Crippen LogP) is 3.34. The molecule has 0 bridgehead atoms. The zero-order chi connectivity index (χ0) is 13.2. The third-order valence-corrected chi connectivity index (χ3v) is 2.19. The van der Waals surface area contributed by atoms with E-state index in [9.17, 15) is 13.2 Å². The fraction of sp³-hybridized carbons (Fsp3) is 0.167. The van der Waals surface area contributed by atoms with Gasteiger partial charge in [-0.15, -0.1) is 13.2 Å². The van der Waals surface area contributed by atoms with E-state index in [1.54, 1.807) is 12.1 Å². The molecule has 1 aromatic carbocycles. The number of benzene rings is 1. The van der Waals surface area contributed by atoms with E-state index in [1.807, 2.05) is 0 Å². The summed E-state index contributed by atoms with van der Waals surface area (Å²) in [6, 6.07) is 8.51. The lowest BCUT2D eigenvalue weighted by atomic mass is 10.2. The Hall–Kier alpha value is -1.95. The average molecular weight is 258 g/mol. The average Bonchev–Trinajstić information content (AvgIpc) is 2.76. The maximum atomic E-state index is 11.9. The molecule has 96 valence electrons. The van der Waals surface area contributed by atoms with Crippen molar-refractivity contribution in [2.45, 2.75) is 13.0 Å². The van der Waals surface area contributed by atoms with Gasteiger partial charge in [-0.2, -0.15) is 0 Å². The lowest BCUT2D eigenvalue weighted by molar-refractivity contribution is -0.274. The van der Waals surface area contributed by atoms with Crippen molar-refractivity contribution in [2.24, 2.45) is 0 Å². The van der Waals surface area contributed by atoms with Gasteiger partial charge >= 0.3 is 6.36 Å². The van der Waals surface area contributed by atoms with Crippen molar-refractivity contribution in [3.63, 3.8) is 0 Å². The second-order valence-electron chi connectivity index (χ2n) is 3.50. The van der Waals surface area contributed by atoms with Gasteiger partial charge in [-0.1, -0.05) is 0 Å². The smallest absolute Gasteiger partial charge is 0.459 e. The summed E-state index contributed by atoms with van der Waals surface area (Å²) in [7, 11) is 0. The highest BCUT2D eigenvalue weighted by molar-refractivity contribution is 5.58. The van der Waals surface area contributed by atoms with E-state index in [4.69, 9.17) is 9.52 Å². The minimum atomic E-state index is -4.70. The minimum Gasteiger partial charge on any atom is -0.459 e. The van der Waals surface area contributed by atoms with E-state index in [0.717, 1.165) is 0 Å². The van der Waals surface area contributed by atoms with Crippen molar-refractivity contribution in [1.82, 2.24) is 0 Å². The first-order chi connectivity index (χ1) is 8.48. The Morgan fingerprint density at radius 2 is 1.72 bits per heavy atom. The lowest BCUT2D eigenvalue weighted by Crippen LogP contribution is -2.16. The van der Waals surface area contributed by atoms with Crippen LogP contribution in [0.2, 0.25) is 0 Å². The molecule has 6 heteroatoms. The second kappa shape index (κ2) is 4.73. The number of aliphatic hydroxyl groups is 1. The van der Waals surface area contributed by atoms with Gasteiger partial charge in [0, 0.05) is 5.56 Å². The molecule has 0 saturated carbocycles. The standard InChI is InChI=1S/C12H9F3O3/c13-12(14,15)18-9-3-1-8(2-4-9)11-6-5-10(7-16)17-11/h1-6,16H,7H2. The van der Waals surface area contributed by atoms with Crippen molar-refractivity contribution in [2.75, 3.05) is 0 Å². The topological polar surface area (TPSA) is 42.6 Å². The van der Waals surface area contributed by atoms with Gasteiger partial charge in [0.2, 0.25) is 0 Å². The number of hydrogen-bond donors (Lipinski definition) is 1. The van der Waals surface area contributed by atoms with Gasteiger partial charge in [0.15, 0.2) is 0 Å². The largest absolute Gasteiger partial charge is 0.573 e. The van der Waals surface area contributed by atoms with Crippen molar-refractivity contribution in [3.05, 3.63) is 42.2 Å². The quantitative estimate of drug-likeness (QED) is 0.918. The Balaban J connectivity index is 2.17. The lowest BCUT2D eigenvalue weighted by Gasteiger charge is -2.08. The van der Waals surface area contributed by atoms with Crippen LogP contribution in [0, 0.1) is 0 Å². The number of hydrogen-bond acceptors (Lipinski definition) is 3. The molecule has 1 N–H and O–H groups in total. The molecule has 1 aromatic heterocycles. The molecule has 2 aromatic rings. The Morgan fingerprint density at radius 1 is 1.06 bits per heavy atom. The van der Waals surface area contributed by atoms with Gasteiger partial charge in [-0.3, -0.25) is 0 Å². The molecular weight excluding hydrogens is 249 g/mol. The fourth-order valence-electron chi connectivity index (χ4n) is 1.44. The molecule has 0 fully saturated rings. The number of alkyl halides is 3. The number of furan rings is 1. The van der Waals surface area contributed by atoms with Crippen LogP contribution in [0.5, 0.6) is 5.75 Å². The summed E-state index contributed by atoms with van der Waals surface area (Å²) < 4.78 is 44.8. The molecule has 0 aliphatic carbocycles. The SMILES string of the molecule is OCc1ccc(-c2ccc(OC(F)(F)F)cc2)o1. The molecule has 18 heavy (non-hydrogen) atoms. The van der Waals surface area contributed by atoms with Gasteiger partial charge in [0.1, 0.15) is 23.9 Å². The zero-order valence-electron chi connectivity index (χ0n) is 9.07. The first-order valence-electron chi connectivity index (χ1n) is 5.04. The van der Waals surface area contributed by atoms with Crippen molar-refractivity contribution < 1.29 is 27.4 Å². The van der Waals surface area contributed by atoms with Gasteiger partial charge in [-0.05, 0) is 36.4 Å². The van der Waals surface area contributed by atoms with E-state index in [1.165, 1.54) is 24.3 Å². The van der Waals surface area contributed by atoms with Crippen LogP contribution in [0.15, 0.2) is 40.8 Å². The highest BCUT2D eigenvalue weighted by Crippen LogP contribution is 2.27. The number of ether oxygens (including phenoxy) is 1. The molecular formula is C12H9F3O3. The molecule has 0 saturated heterocycles. The maximum Gasteiger partial charge on any atom is 0.573 e. The molecule has 0 atom stereocenters. The normalized spacial score (nSPS) is 11.6. The van der Waals surface area contributed by atoms with Crippen LogP contribution >= 0.6 is 0 Å². The van der Waals surface area contributed by atoms with Gasteiger partial charge in [0.25, 0.3) is 0 Å². The van der Waals surface area contributed by atoms with Crippen molar-refractivity contribution >= 4 is 0 Å².